The van der Waals surface area contributed by atoms with E-state index >= 15 is 0 Å². The van der Waals surface area contributed by atoms with Crippen LogP contribution < -0.4 is 9.80 Å². The van der Waals surface area contributed by atoms with Crippen molar-refractivity contribution < 1.29 is 0 Å². The first-order chi connectivity index (χ1) is 14.3. The van der Waals surface area contributed by atoms with E-state index < -0.39 is 0 Å². The largest absolute Gasteiger partial charge is 0.353 e. The zero-order chi connectivity index (χ0) is 19.6. The molecule has 0 radical (unpaired) electrons. The van der Waals surface area contributed by atoms with Gasteiger partial charge in [-0.15, -0.1) is 15.3 Å². The third kappa shape index (κ3) is 3.53. The lowest BCUT2D eigenvalue weighted by Gasteiger charge is -2.22. The van der Waals surface area contributed by atoms with E-state index in [1.165, 1.54) is 11.5 Å². The number of aromatic nitrogens is 6. The third-order valence-electron chi connectivity index (χ3n) is 5.14. The summed E-state index contributed by atoms with van der Waals surface area (Å²) in [6.45, 7) is 5.83. The highest BCUT2D eigenvalue weighted by atomic mass is 32.1. The summed E-state index contributed by atoms with van der Waals surface area (Å²) in [5, 5.41) is 14.5. The van der Waals surface area contributed by atoms with E-state index in [1.54, 1.807) is 0 Å². The van der Waals surface area contributed by atoms with Gasteiger partial charge in [0.2, 0.25) is 5.13 Å². The maximum Gasteiger partial charge on any atom is 0.205 e. The molecule has 8 nitrogen and oxygen atoms in total. The first-order valence-electron chi connectivity index (χ1n) is 9.92. The van der Waals surface area contributed by atoms with Crippen LogP contribution in [-0.4, -0.2) is 55.3 Å². The quantitative estimate of drug-likeness (QED) is 0.516. The summed E-state index contributed by atoms with van der Waals surface area (Å²) in [5.74, 6) is 2.64. The van der Waals surface area contributed by atoms with Gasteiger partial charge in [0.05, 0.1) is 0 Å². The van der Waals surface area contributed by atoms with Crippen LogP contribution in [0.15, 0.2) is 42.5 Å². The van der Waals surface area contributed by atoms with Gasteiger partial charge < -0.3 is 9.80 Å². The monoisotopic (exact) mass is 406 g/mol. The molecule has 4 heterocycles. The molecule has 5 rings (SSSR count). The summed E-state index contributed by atoms with van der Waals surface area (Å²) in [6.07, 6.45) is 1.93. The van der Waals surface area contributed by atoms with E-state index in [0.717, 1.165) is 72.8 Å². The molecule has 0 amide bonds. The molecule has 0 bridgehead atoms. The maximum atomic E-state index is 4.87. The van der Waals surface area contributed by atoms with Crippen LogP contribution in [0.5, 0.6) is 0 Å². The number of nitrogens with zero attached hydrogens (tertiary/aromatic N) is 8. The highest BCUT2D eigenvalue weighted by Gasteiger charge is 2.20. The van der Waals surface area contributed by atoms with E-state index in [1.807, 2.05) is 47.0 Å². The van der Waals surface area contributed by atoms with Crippen molar-refractivity contribution in [3.8, 4) is 11.4 Å². The van der Waals surface area contributed by atoms with E-state index in [0.29, 0.717) is 0 Å². The predicted octanol–water partition coefficient (Wildman–Crippen LogP) is 2.92. The van der Waals surface area contributed by atoms with Gasteiger partial charge in [-0.05, 0) is 18.6 Å². The number of anilines is 2. The Bertz CT molecular complexity index is 1110. The Morgan fingerprint density at radius 1 is 0.931 bits per heavy atom. The van der Waals surface area contributed by atoms with Crippen LogP contribution in [0, 0.1) is 0 Å². The van der Waals surface area contributed by atoms with Crippen molar-refractivity contribution in [3.05, 3.63) is 48.3 Å². The van der Waals surface area contributed by atoms with Crippen molar-refractivity contribution in [2.45, 2.75) is 19.8 Å². The number of hydrogen-bond donors (Lipinski definition) is 0. The number of fused-ring (bicyclic) bond motifs is 1. The zero-order valence-electron chi connectivity index (χ0n) is 16.3. The van der Waals surface area contributed by atoms with Crippen molar-refractivity contribution in [2.24, 2.45) is 0 Å². The average Bonchev–Trinajstić information content (AvgIpc) is 3.35. The number of rotatable bonds is 4. The number of hydrogen-bond acceptors (Lipinski definition) is 8. The smallest absolute Gasteiger partial charge is 0.205 e. The zero-order valence-corrected chi connectivity index (χ0v) is 17.1. The summed E-state index contributed by atoms with van der Waals surface area (Å²) in [7, 11) is 0. The standard InChI is InChI=1S/C20H22N8S/c1-2-16-21-20(29-25-16)27-12-6-11-26(13-14-27)18-10-9-17-22-23-19(28(17)24-18)15-7-4-3-5-8-15/h3-5,7-10H,2,6,11-14H2,1H3. The van der Waals surface area contributed by atoms with Crippen LogP contribution in [0.4, 0.5) is 10.9 Å². The Kier molecular flexibility index (Phi) is 4.81. The molecule has 0 N–H and O–H groups in total. The molecule has 1 aliphatic rings. The van der Waals surface area contributed by atoms with Gasteiger partial charge in [-0.2, -0.15) is 8.89 Å². The Morgan fingerprint density at radius 2 is 1.76 bits per heavy atom. The molecule has 0 saturated carbocycles. The fourth-order valence-electron chi connectivity index (χ4n) is 3.57. The Balaban J connectivity index is 1.39. The molecule has 1 fully saturated rings. The van der Waals surface area contributed by atoms with E-state index in [-0.39, 0.29) is 0 Å². The molecule has 4 aromatic rings. The Morgan fingerprint density at radius 3 is 2.59 bits per heavy atom. The number of aryl methyl sites for hydroxylation is 1. The average molecular weight is 407 g/mol. The lowest BCUT2D eigenvalue weighted by molar-refractivity contribution is 0.777. The van der Waals surface area contributed by atoms with E-state index in [9.17, 15) is 0 Å². The van der Waals surface area contributed by atoms with Crippen molar-refractivity contribution in [3.63, 3.8) is 0 Å². The molecular formula is C20H22N8S. The summed E-state index contributed by atoms with van der Waals surface area (Å²) < 4.78 is 6.27. The molecule has 1 saturated heterocycles. The molecular weight excluding hydrogens is 384 g/mol. The molecule has 0 aliphatic carbocycles. The van der Waals surface area contributed by atoms with Crippen LogP contribution in [0.1, 0.15) is 19.2 Å². The first kappa shape index (κ1) is 18.0. The van der Waals surface area contributed by atoms with Gasteiger partial charge in [0.15, 0.2) is 11.5 Å². The first-order valence-corrected chi connectivity index (χ1v) is 10.7. The molecule has 148 valence electrons. The highest BCUT2D eigenvalue weighted by Crippen LogP contribution is 2.23. The van der Waals surface area contributed by atoms with Crippen LogP contribution in [0.2, 0.25) is 0 Å². The van der Waals surface area contributed by atoms with Crippen LogP contribution >= 0.6 is 11.5 Å². The summed E-state index contributed by atoms with van der Waals surface area (Å²) in [4.78, 5) is 9.32. The van der Waals surface area contributed by atoms with Crippen molar-refractivity contribution in [1.82, 2.24) is 29.2 Å². The molecule has 9 heteroatoms. The van der Waals surface area contributed by atoms with E-state index in [2.05, 4.69) is 36.3 Å². The lowest BCUT2D eigenvalue weighted by atomic mass is 10.2. The lowest BCUT2D eigenvalue weighted by Crippen LogP contribution is -2.31. The van der Waals surface area contributed by atoms with Crippen LogP contribution in [0.3, 0.4) is 0 Å². The van der Waals surface area contributed by atoms with Crippen molar-refractivity contribution >= 4 is 28.1 Å². The second-order valence-electron chi connectivity index (χ2n) is 7.03. The minimum Gasteiger partial charge on any atom is -0.353 e. The SMILES string of the molecule is CCc1nsc(N2CCCN(c3ccc4nnc(-c5ccccc5)n4n3)CC2)n1. The fourth-order valence-corrected chi connectivity index (χ4v) is 4.37. The summed E-state index contributed by atoms with van der Waals surface area (Å²) in [5.41, 5.74) is 1.76. The summed E-state index contributed by atoms with van der Waals surface area (Å²) in [6, 6.07) is 14.1. The second-order valence-corrected chi connectivity index (χ2v) is 7.76. The number of benzene rings is 1. The Labute approximate surface area is 173 Å². The van der Waals surface area contributed by atoms with Crippen LogP contribution in [-0.2, 0) is 6.42 Å². The molecule has 29 heavy (non-hydrogen) atoms. The second kappa shape index (κ2) is 7.75. The van der Waals surface area contributed by atoms with Gasteiger partial charge in [0.1, 0.15) is 11.6 Å². The molecule has 0 unspecified atom stereocenters. The highest BCUT2D eigenvalue weighted by molar-refractivity contribution is 7.09. The minimum atomic E-state index is 0.755. The topological polar surface area (TPSA) is 75.3 Å². The third-order valence-corrected chi connectivity index (χ3v) is 5.96. The molecule has 0 spiro atoms. The normalized spacial score (nSPS) is 15.1. The van der Waals surface area contributed by atoms with Crippen LogP contribution in [0.25, 0.3) is 17.0 Å². The van der Waals surface area contributed by atoms with Crippen molar-refractivity contribution in [2.75, 3.05) is 36.0 Å². The molecule has 1 aliphatic heterocycles. The van der Waals surface area contributed by atoms with Gasteiger partial charge in [-0.25, -0.2) is 4.98 Å². The minimum absolute atomic E-state index is 0.755. The van der Waals surface area contributed by atoms with Gasteiger partial charge in [0, 0.05) is 49.7 Å². The van der Waals surface area contributed by atoms with Crippen molar-refractivity contribution in [1.29, 1.82) is 0 Å². The van der Waals surface area contributed by atoms with Gasteiger partial charge in [-0.1, -0.05) is 37.3 Å². The fraction of sp³-hybridized carbons (Fsp3) is 0.350. The summed E-state index contributed by atoms with van der Waals surface area (Å²) >= 11 is 1.50. The predicted molar refractivity (Wildman–Crippen MR) is 115 cm³/mol. The van der Waals surface area contributed by atoms with Gasteiger partial charge >= 0.3 is 0 Å². The Hall–Kier alpha value is -3.07. The molecule has 0 atom stereocenters. The molecule has 1 aromatic carbocycles. The van der Waals surface area contributed by atoms with Gasteiger partial charge in [-0.3, -0.25) is 0 Å². The van der Waals surface area contributed by atoms with Gasteiger partial charge in [0.25, 0.3) is 0 Å². The van der Waals surface area contributed by atoms with E-state index in [4.69, 9.17) is 5.10 Å². The molecule has 3 aromatic heterocycles. The maximum absolute atomic E-state index is 4.87.